The molecule has 1 heterocycles. The Kier molecular flexibility index (Phi) is 3.09. The van der Waals surface area contributed by atoms with Crippen LogP contribution < -0.4 is 5.32 Å². The average molecular weight is 261 g/mol. The molecule has 4 nitrogen and oxygen atoms in total. The minimum Gasteiger partial charge on any atom is -0.508 e. The van der Waals surface area contributed by atoms with Crippen molar-refractivity contribution >= 4 is 11.7 Å². The van der Waals surface area contributed by atoms with Gasteiger partial charge in [-0.05, 0) is 30.4 Å². The number of benzene rings is 1. The lowest BCUT2D eigenvalue weighted by molar-refractivity contribution is -0.140. The number of rotatable bonds is 1. The predicted molar refractivity (Wildman–Crippen MR) is 72.5 cm³/mol. The number of anilines is 1. The van der Waals surface area contributed by atoms with Gasteiger partial charge in [-0.15, -0.1) is 0 Å². The molecule has 0 amide bonds. The van der Waals surface area contributed by atoms with E-state index >= 15 is 0 Å². The second-order valence-electron chi connectivity index (χ2n) is 5.64. The average Bonchev–Trinajstić information content (AvgIpc) is 2.60. The van der Waals surface area contributed by atoms with Gasteiger partial charge < -0.3 is 15.5 Å². The van der Waals surface area contributed by atoms with E-state index in [-0.39, 0.29) is 17.7 Å². The van der Waals surface area contributed by atoms with E-state index in [0.717, 1.165) is 36.9 Å². The van der Waals surface area contributed by atoms with E-state index in [2.05, 4.69) is 5.32 Å². The molecular weight excluding hydrogens is 242 g/mol. The highest BCUT2D eigenvalue weighted by molar-refractivity contribution is 5.81. The van der Waals surface area contributed by atoms with Crippen molar-refractivity contribution in [2.45, 2.75) is 44.1 Å². The molecule has 0 radical (unpaired) electrons. The van der Waals surface area contributed by atoms with Gasteiger partial charge in [0.15, 0.2) is 0 Å². The molecule has 3 rings (SSSR count). The standard InChI is InChI=1S/C15H19NO3/c17-9-6-7-11-13(8-9)16-12-5-3-1-2-4-10(12)14(11)15(18)19/h6-8,10,12,14,16-17H,1-5H2,(H,18,19). The van der Waals surface area contributed by atoms with Crippen molar-refractivity contribution in [3.63, 3.8) is 0 Å². The number of carbonyl (C=O) groups is 1. The Hall–Kier alpha value is -1.71. The molecule has 0 aromatic heterocycles. The number of carboxylic acids is 1. The van der Waals surface area contributed by atoms with Crippen LogP contribution in [-0.2, 0) is 4.79 Å². The molecule has 1 aliphatic carbocycles. The highest BCUT2D eigenvalue weighted by atomic mass is 16.4. The maximum absolute atomic E-state index is 11.7. The Labute approximate surface area is 112 Å². The summed E-state index contributed by atoms with van der Waals surface area (Å²) in [6.45, 7) is 0. The Balaban J connectivity index is 2.05. The molecule has 4 heteroatoms. The molecule has 3 N–H and O–H groups in total. The van der Waals surface area contributed by atoms with Crippen LogP contribution in [-0.4, -0.2) is 22.2 Å². The Morgan fingerprint density at radius 3 is 2.79 bits per heavy atom. The number of aromatic hydroxyl groups is 1. The molecule has 1 aliphatic heterocycles. The van der Waals surface area contributed by atoms with Crippen LogP contribution in [0.3, 0.4) is 0 Å². The Bertz CT molecular complexity index is 500. The summed E-state index contributed by atoms with van der Waals surface area (Å²) in [5.74, 6) is -0.843. The van der Waals surface area contributed by atoms with Crippen molar-refractivity contribution in [1.82, 2.24) is 0 Å². The maximum Gasteiger partial charge on any atom is 0.311 e. The van der Waals surface area contributed by atoms with Crippen molar-refractivity contribution < 1.29 is 15.0 Å². The van der Waals surface area contributed by atoms with Gasteiger partial charge in [-0.1, -0.05) is 25.3 Å². The van der Waals surface area contributed by atoms with Crippen molar-refractivity contribution in [1.29, 1.82) is 0 Å². The van der Waals surface area contributed by atoms with Gasteiger partial charge in [0.1, 0.15) is 5.75 Å². The van der Waals surface area contributed by atoms with Gasteiger partial charge in [0.2, 0.25) is 0 Å². The summed E-state index contributed by atoms with van der Waals surface area (Å²) in [4.78, 5) is 11.7. The number of carboxylic acid groups (broad SMARTS) is 1. The first-order chi connectivity index (χ1) is 9.16. The van der Waals surface area contributed by atoms with Crippen LogP contribution >= 0.6 is 0 Å². The topological polar surface area (TPSA) is 69.6 Å². The second kappa shape index (κ2) is 4.76. The fourth-order valence-electron chi connectivity index (χ4n) is 3.60. The molecular formula is C15H19NO3. The third-order valence-electron chi connectivity index (χ3n) is 4.48. The summed E-state index contributed by atoms with van der Waals surface area (Å²) in [7, 11) is 0. The number of aliphatic carboxylic acids is 1. The third kappa shape index (κ3) is 2.15. The molecule has 0 bridgehead atoms. The van der Waals surface area contributed by atoms with Crippen molar-refractivity contribution in [2.75, 3.05) is 5.32 Å². The second-order valence-corrected chi connectivity index (χ2v) is 5.64. The summed E-state index contributed by atoms with van der Waals surface area (Å²) < 4.78 is 0. The quantitative estimate of drug-likeness (QED) is 0.727. The third-order valence-corrected chi connectivity index (χ3v) is 4.48. The Morgan fingerprint density at radius 2 is 2.00 bits per heavy atom. The highest BCUT2D eigenvalue weighted by Crippen LogP contribution is 2.44. The van der Waals surface area contributed by atoms with Gasteiger partial charge >= 0.3 is 5.97 Å². The zero-order valence-corrected chi connectivity index (χ0v) is 10.8. The largest absolute Gasteiger partial charge is 0.508 e. The number of hydrogen-bond acceptors (Lipinski definition) is 3. The van der Waals surface area contributed by atoms with Crippen molar-refractivity contribution in [2.24, 2.45) is 5.92 Å². The summed E-state index contributed by atoms with van der Waals surface area (Å²) in [5.41, 5.74) is 1.60. The molecule has 102 valence electrons. The fraction of sp³-hybridized carbons (Fsp3) is 0.533. The summed E-state index contributed by atoms with van der Waals surface area (Å²) in [5, 5.41) is 22.6. The van der Waals surface area contributed by atoms with Crippen LogP contribution in [0.4, 0.5) is 5.69 Å². The SMILES string of the molecule is O=C(O)C1c2ccc(O)cc2NC2CCCCCC21. The van der Waals surface area contributed by atoms with Gasteiger partial charge in [0.05, 0.1) is 5.92 Å². The van der Waals surface area contributed by atoms with Crippen LogP contribution in [0.5, 0.6) is 5.75 Å². The molecule has 19 heavy (non-hydrogen) atoms. The maximum atomic E-state index is 11.7. The number of phenolic OH excluding ortho intramolecular Hbond substituents is 1. The van der Waals surface area contributed by atoms with Crippen molar-refractivity contribution in [3.05, 3.63) is 23.8 Å². The van der Waals surface area contributed by atoms with Crippen LogP contribution in [0.2, 0.25) is 0 Å². The van der Waals surface area contributed by atoms with E-state index in [0.29, 0.717) is 0 Å². The smallest absolute Gasteiger partial charge is 0.311 e. The van der Waals surface area contributed by atoms with Gasteiger partial charge in [-0.2, -0.15) is 0 Å². The number of nitrogens with one attached hydrogen (secondary N) is 1. The molecule has 0 saturated heterocycles. The number of hydrogen-bond donors (Lipinski definition) is 3. The van der Waals surface area contributed by atoms with Gasteiger partial charge in [0, 0.05) is 17.8 Å². The lowest BCUT2D eigenvalue weighted by Gasteiger charge is -2.38. The van der Waals surface area contributed by atoms with E-state index < -0.39 is 11.9 Å². The molecule has 0 spiro atoms. The van der Waals surface area contributed by atoms with Crippen LogP contribution in [0.25, 0.3) is 0 Å². The monoisotopic (exact) mass is 261 g/mol. The fourth-order valence-corrected chi connectivity index (χ4v) is 3.60. The molecule has 1 aromatic rings. The molecule has 1 aromatic carbocycles. The lowest BCUT2D eigenvalue weighted by atomic mass is 9.75. The first-order valence-electron chi connectivity index (χ1n) is 6.99. The van der Waals surface area contributed by atoms with E-state index in [4.69, 9.17) is 0 Å². The summed E-state index contributed by atoms with van der Waals surface area (Å²) in [6, 6.07) is 5.19. The summed E-state index contributed by atoms with van der Waals surface area (Å²) >= 11 is 0. The minimum absolute atomic E-state index is 0.164. The van der Waals surface area contributed by atoms with Gasteiger partial charge in [-0.3, -0.25) is 4.79 Å². The highest BCUT2D eigenvalue weighted by Gasteiger charge is 2.40. The normalized spacial score (nSPS) is 29.6. The Morgan fingerprint density at radius 1 is 1.21 bits per heavy atom. The molecule has 3 unspecified atom stereocenters. The number of phenols is 1. The molecule has 2 aliphatic rings. The van der Waals surface area contributed by atoms with Crippen LogP contribution in [0.15, 0.2) is 18.2 Å². The minimum atomic E-state index is -0.745. The zero-order valence-electron chi connectivity index (χ0n) is 10.8. The molecule has 1 fully saturated rings. The van der Waals surface area contributed by atoms with Crippen LogP contribution in [0.1, 0.15) is 43.6 Å². The van der Waals surface area contributed by atoms with Crippen LogP contribution in [0, 0.1) is 5.92 Å². The summed E-state index contributed by atoms with van der Waals surface area (Å²) in [6.07, 6.45) is 5.43. The first-order valence-corrected chi connectivity index (χ1v) is 6.99. The first kappa shape index (κ1) is 12.3. The zero-order chi connectivity index (χ0) is 13.4. The molecule has 1 saturated carbocycles. The van der Waals surface area contributed by atoms with Crippen molar-refractivity contribution in [3.8, 4) is 5.75 Å². The van der Waals surface area contributed by atoms with E-state index in [9.17, 15) is 15.0 Å². The van der Waals surface area contributed by atoms with Gasteiger partial charge in [0.25, 0.3) is 0 Å². The van der Waals surface area contributed by atoms with E-state index in [1.54, 1.807) is 18.2 Å². The number of fused-ring (bicyclic) bond motifs is 2. The van der Waals surface area contributed by atoms with E-state index in [1.807, 2.05) is 0 Å². The van der Waals surface area contributed by atoms with Gasteiger partial charge in [-0.25, -0.2) is 0 Å². The molecule has 3 atom stereocenters. The van der Waals surface area contributed by atoms with E-state index in [1.165, 1.54) is 6.42 Å². The predicted octanol–water partition coefficient (Wildman–Crippen LogP) is 2.93. The lowest BCUT2D eigenvalue weighted by Crippen LogP contribution is -2.40.